The van der Waals surface area contributed by atoms with Gasteiger partial charge in [0.05, 0.1) is 0 Å². The second-order valence-electron chi connectivity index (χ2n) is 4.35. The number of halogens is 1. The molecule has 3 heteroatoms. The summed E-state index contributed by atoms with van der Waals surface area (Å²) < 4.78 is 0. The molecule has 16 heavy (non-hydrogen) atoms. The van der Waals surface area contributed by atoms with Gasteiger partial charge in [-0.2, -0.15) is 0 Å². The summed E-state index contributed by atoms with van der Waals surface area (Å²) in [5.74, 6) is 0.802. The molecule has 1 aliphatic rings. The number of nitrogens with one attached hydrogen (secondary N) is 1. The molecule has 2 rings (SSSR count). The van der Waals surface area contributed by atoms with Crippen molar-refractivity contribution in [2.75, 3.05) is 19.3 Å². The van der Waals surface area contributed by atoms with Crippen molar-refractivity contribution in [1.82, 2.24) is 5.32 Å². The third-order valence-electron chi connectivity index (χ3n) is 3.22. The van der Waals surface area contributed by atoms with Crippen LogP contribution in [0.15, 0.2) is 23.1 Å². The second-order valence-corrected chi connectivity index (χ2v) is 5.64. The van der Waals surface area contributed by atoms with Crippen molar-refractivity contribution in [3.63, 3.8) is 0 Å². The lowest BCUT2D eigenvalue weighted by Crippen LogP contribution is -2.28. The van der Waals surface area contributed by atoms with E-state index in [1.54, 1.807) is 11.8 Å². The van der Waals surface area contributed by atoms with Crippen LogP contribution in [0, 0.1) is 5.92 Å². The Morgan fingerprint density at radius 1 is 1.38 bits per heavy atom. The van der Waals surface area contributed by atoms with E-state index >= 15 is 0 Å². The van der Waals surface area contributed by atoms with E-state index in [0.717, 1.165) is 30.5 Å². The number of rotatable bonds is 3. The Kier molecular flexibility index (Phi) is 4.56. The molecule has 0 bridgehead atoms. The molecule has 1 N–H and O–H groups in total. The van der Waals surface area contributed by atoms with E-state index < -0.39 is 0 Å². The topological polar surface area (TPSA) is 12.0 Å². The molecule has 1 heterocycles. The average molecular weight is 256 g/mol. The number of hydrogen-bond donors (Lipinski definition) is 1. The van der Waals surface area contributed by atoms with Gasteiger partial charge in [0.15, 0.2) is 0 Å². The fourth-order valence-electron chi connectivity index (χ4n) is 2.23. The number of benzene rings is 1. The lowest BCUT2D eigenvalue weighted by molar-refractivity contribution is 0.372. The molecule has 1 nitrogen and oxygen atoms in total. The summed E-state index contributed by atoms with van der Waals surface area (Å²) in [4.78, 5) is 1.31. The third-order valence-corrected chi connectivity index (χ3v) is 4.31. The van der Waals surface area contributed by atoms with Crippen LogP contribution >= 0.6 is 23.4 Å². The molecule has 88 valence electrons. The Labute approximate surface area is 107 Å². The van der Waals surface area contributed by atoms with Crippen LogP contribution in [0.1, 0.15) is 18.4 Å². The maximum atomic E-state index is 6.25. The highest BCUT2D eigenvalue weighted by molar-refractivity contribution is 7.98. The van der Waals surface area contributed by atoms with Crippen LogP contribution in [0.25, 0.3) is 0 Å². The molecular formula is C13H18ClNS. The molecule has 0 amide bonds. The first kappa shape index (κ1) is 12.3. The number of thioether (sulfide) groups is 1. The predicted octanol–water partition coefficient (Wildman–Crippen LogP) is 3.60. The molecule has 0 aliphatic carbocycles. The Morgan fingerprint density at radius 2 is 2.12 bits per heavy atom. The highest BCUT2D eigenvalue weighted by Gasteiger charge is 2.15. The van der Waals surface area contributed by atoms with Gasteiger partial charge < -0.3 is 5.32 Å². The normalized spacial score (nSPS) is 17.6. The minimum Gasteiger partial charge on any atom is -0.317 e. The van der Waals surface area contributed by atoms with E-state index in [-0.39, 0.29) is 0 Å². The lowest BCUT2D eigenvalue weighted by atomic mass is 9.91. The molecule has 0 radical (unpaired) electrons. The Bertz CT molecular complexity index is 348. The molecule has 1 aliphatic heterocycles. The average Bonchev–Trinajstić information content (AvgIpc) is 2.33. The summed E-state index contributed by atoms with van der Waals surface area (Å²) in [5.41, 5.74) is 1.32. The van der Waals surface area contributed by atoms with E-state index in [0.29, 0.717) is 0 Å². The number of piperidine rings is 1. The van der Waals surface area contributed by atoms with Crippen LogP contribution in [0.5, 0.6) is 0 Å². The van der Waals surface area contributed by atoms with E-state index in [4.69, 9.17) is 11.6 Å². The summed E-state index contributed by atoms with van der Waals surface area (Å²) in [6.45, 7) is 2.31. The maximum absolute atomic E-state index is 6.25. The van der Waals surface area contributed by atoms with Gasteiger partial charge in [-0.05, 0) is 68.3 Å². The van der Waals surface area contributed by atoms with Gasteiger partial charge in [0.1, 0.15) is 0 Å². The van der Waals surface area contributed by atoms with Gasteiger partial charge in [-0.25, -0.2) is 0 Å². The standard InChI is InChI=1S/C13H18ClNS/c1-16-12-2-3-13(14)11(9-12)8-10-4-6-15-7-5-10/h2-3,9-10,15H,4-8H2,1H3. The van der Waals surface area contributed by atoms with E-state index in [2.05, 4.69) is 23.7 Å². The van der Waals surface area contributed by atoms with Crippen LogP contribution < -0.4 is 5.32 Å². The third kappa shape index (κ3) is 3.16. The summed E-state index contributed by atoms with van der Waals surface area (Å²) in [7, 11) is 0. The predicted molar refractivity (Wildman–Crippen MR) is 72.5 cm³/mol. The number of hydrogen-bond acceptors (Lipinski definition) is 2. The van der Waals surface area contributed by atoms with Gasteiger partial charge in [0.2, 0.25) is 0 Å². The molecule has 1 aromatic rings. The van der Waals surface area contributed by atoms with Gasteiger partial charge in [-0.1, -0.05) is 11.6 Å². The van der Waals surface area contributed by atoms with E-state index in [9.17, 15) is 0 Å². The molecular weight excluding hydrogens is 238 g/mol. The van der Waals surface area contributed by atoms with Gasteiger partial charge in [0, 0.05) is 9.92 Å². The molecule has 1 saturated heterocycles. The van der Waals surface area contributed by atoms with Crippen LogP contribution in [-0.2, 0) is 6.42 Å². The lowest BCUT2D eigenvalue weighted by Gasteiger charge is -2.23. The fraction of sp³-hybridized carbons (Fsp3) is 0.538. The minimum absolute atomic E-state index is 0.802. The van der Waals surface area contributed by atoms with Crippen molar-refractivity contribution in [3.8, 4) is 0 Å². The molecule has 1 fully saturated rings. The molecule has 1 aromatic carbocycles. The van der Waals surface area contributed by atoms with Gasteiger partial charge >= 0.3 is 0 Å². The highest BCUT2D eigenvalue weighted by atomic mass is 35.5. The van der Waals surface area contributed by atoms with Gasteiger partial charge in [-0.3, -0.25) is 0 Å². The van der Waals surface area contributed by atoms with Gasteiger partial charge in [-0.15, -0.1) is 11.8 Å². The van der Waals surface area contributed by atoms with E-state index in [1.807, 2.05) is 6.07 Å². The van der Waals surface area contributed by atoms with Crippen LogP contribution in [-0.4, -0.2) is 19.3 Å². The quantitative estimate of drug-likeness (QED) is 0.829. The van der Waals surface area contributed by atoms with Crippen molar-refractivity contribution in [2.24, 2.45) is 5.92 Å². The smallest absolute Gasteiger partial charge is 0.0438 e. The second kappa shape index (κ2) is 5.95. The summed E-state index contributed by atoms with van der Waals surface area (Å²) >= 11 is 8.03. The zero-order valence-corrected chi connectivity index (χ0v) is 11.2. The van der Waals surface area contributed by atoms with Crippen LogP contribution in [0.3, 0.4) is 0 Å². The zero-order chi connectivity index (χ0) is 11.4. The Hall–Kier alpha value is -0.180. The molecule has 0 unspecified atom stereocenters. The Balaban J connectivity index is 2.06. The monoisotopic (exact) mass is 255 g/mol. The summed E-state index contributed by atoms with van der Waals surface area (Å²) in [6.07, 6.45) is 5.80. The maximum Gasteiger partial charge on any atom is 0.0438 e. The highest BCUT2D eigenvalue weighted by Crippen LogP contribution is 2.27. The first-order valence-corrected chi connectivity index (χ1v) is 7.43. The minimum atomic E-state index is 0.802. The van der Waals surface area contributed by atoms with Crippen molar-refractivity contribution in [1.29, 1.82) is 0 Å². The van der Waals surface area contributed by atoms with Crippen LogP contribution in [0.2, 0.25) is 5.02 Å². The first-order valence-electron chi connectivity index (χ1n) is 5.82. The fourth-order valence-corrected chi connectivity index (χ4v) is 2.89. The Morgan fingerprint density at radius 3 is 2.81 bits per heavy atom. The molecule has 0 saturated carbocycles. The van der Waals surface area contributed by atoms with Gasteiger partial charge in [0.25, 0.3) is 0 Å². The van der Waals surface area contributed by atoms with E-state index in [1.165, 1.54) is 23.3 Å². The molecule has 0 aromatic heterocycles. The van der Waals surface area contributed by atoms with Crippen molar-refractivity contribution < 1.29 is 0 Å². The SMILES string of the molecule is CSc1ccc(Cl)c(CC2CCNCC2)c1. The summed E-state index contributed by atoms with van der Waals surface area (Å²) in [5, 5.41) is 4.33. The van der Waals surface area contributed by atoms with Crippen molar-refractivity contribution >= 4 is 23.4 Å². The van der Waals surface area contributed by atoms with Crippen molar-refractivity contribution in [2.45, 2.75) is 24.2 Å². The zero-order valence-electron chi connectivity index (χ0n) is 9.63. The largest absolute Gasteiger partial charge is 0.317 e. The molecule has 0 atom stereocenters. The molecule has 0 spiro atoms. The summed E-state index contributed by atoms with van der Waals surface area (Å²) in [6, 6.07) is 6.37. The first-order chi connectivity index (χ1) is 7.79. The van der Waals surface area contributed by atoms with Crippen molar-refractivity contribution in [3.05, 3.63) is 28.8 Å². The van der Waals surface area contributed by atoms with Crippen LogP contribution in [0.4, 0.5) is 0 Å².